The van der Waals surface area contributed by atoms with Gasteiger partial charge in [0.15, 0.2) is 6.10 Å². The first kappa shape index (κ1) is 68.2. The number of hydrogen-bond acceptors (Lipinski definition) is 7. The molecule has 0 rings (SSSR count). The molecule has 0 heterocycles. The van der Waals surface area contributed by atoms with Crippen molar-refractivity contribution in [1.82, 2.24) is 0 Å². The minimum atomic E-state index is -4.39. The van der Waals surface area contributed by atoms with Crippen LogP contribution in [-0.4, -0.2) is 74.9 Å². The Labute approximate surface area is 433 Å². The average molecular weight is 1010 g/mol. The van der Waals surface area contributed by atoms with Gasteiger partial charge in [0, 0.05) is 12.8 Å². The normalized spacial score (nSPS) is 13.5. The van der Waals surface area contributed by atoms with Gasteiger partial charge >= 0.3 is 19.8 Å². The third kappa shape index (κ3) is 55.5. The Morgan fingerprint density at radius 3 is 1.21 bits per heavy atom. The molecule has 2 atom stereocenters. The molecule has 412 valence electrons. The molecule has 10 heteroatoms. The molecule has 0 aromatic carbocycles. The number of quaternary nitrogens is 1. The summed E-state index contributed by atoms with van der Waals surface area (Å²) >= 11 is 0. The Kier molecular flexibility index (Phi) is 50.8. The van der Waals surface area contributed by atoms with Crippen molar-refractivity contribution in [1.29, 1.82) is 0 Å². The molecule has 0 aliphatic rings. The van der Waals surface area contributed by atoms with E-state index < -0.39 is 26.5 Å². The van der Waals surface area contributed by atoms with E-state index in [-0.39, 0.29) is 32.0 Å². The van der Waals surface area contributed by atoms with Crippen LogP contribution in [-0.2, 0) is 32.7 Å². The fraction of sp³-hybridized carbons (Fsp3) is 0.867. The highest BCUT2D eigenvalue weighted by atomic mass is 31.2. The Morgan fingerprint density at radius 1 is 0.457 bits per heavy atom. The summed E-state index contributed by atoms with van der Waals surface area (Å²) in [5.74, 6) is -0.806. The van der Waals surface area contributed by atoms with Crippen molar-refractivity contribution in [2.75, 3.05) is 47.5 Å². The lowest BCUT2D eigenvalue weighted by atomic mass is 10.0. The van der Waals surface area contributed by atoms with Gasteiger partial charge in [-0.05, 0) is 44.9 Å². The summed E-state index contributed by atoms with van der Waals surface area (Å²) in [6.45, 7) is 4.34. The highest BCUT2D eigenvalue weighted by Gasteiger charge is 2.27. The molecular formula is C60H115NO8P+. The van der Waals surface area contributed by atoms with E-state index >= 15 is 0 Å². The van der Waals surface area contributed by atoms with E-state index in [1.54, 1.807) is 0 Å². The molecule has 0 saturated heterocycles. The van der Waals surface area contributed by atoms with E-state index in [1.807, 2.05) is 21.1 Å². The van der Waals surface area contributed by atoms with Gasteiger partial charge in [-0.3, -0.25) is 18.6 Å². The molecule has 0 spiro atoms. The van der Waals surface area contributed by atoms with Crippen LogP contribution in [0, 0.1) is 0 Å². The number of carbonyl (C=O) groups excluding carboxylic acids is 2. The van der Waals surface area contributed by atoms with Crippen LogP contribution in [0.3, 0.4) is 0 Å². The number of nitrogens with zero attached hydrogens (tertiary/aromatic N) is 1. The van der Waals surface area contributed by atoms with Crippen molar-refractivity contribution < 1.29 is 42.1 Å². The maximum absolute atomic E-state index is 12.8. The number of hydrogen-bond donors (Lipinski definition) is 1. The van der Waals surface area contributed by atoms with Crippen molar-refractivity contribution in [2.45, 2.75) is 290 Å². The van der Waals surface area contributed by atoms with Gasteiger partial charge in [-0.15, -0.1) is 0 Å². The molecule has 9 nitrogen and oxygen atoms in total. The summed E-state index contributed by atoms with van der Waals surface area (Å²) in [7, 11) is 1.47. The van der Waals surface area contributed by atoms with Gasteiger partial charge in [0.2, 0.25) is 0 Å². The SMILES string of the molecule is CC/C=C\C/C=C\C/C=C\CCCCCCCC(=O)OC(COC(=O)CCCCCCCCCCCCCCCCCCCCCCCCCCCCCCCCC)COP(=O)(O)OCC[N+](C)(C)C. The lowest BCUT2D eigenvalue weighted by Gasteiger charge is -2.24. The fourth-order valence-electron chi connectivity index (χ4n) is 8.62. The number of phosphoric ester groups is 1. The molecule has 0 aromatic heterocycles. The zero-order valence-corrected chi connectivity index (χ0v) is 47.7. The third-order valence-corrected chi connectivity index (χ3v) is 14.2. The first-order chi connectivity index (χ1) is 34.0. The molecule has 0 bridgehead atoms. The molecule has 70 heavy (non-hydrogen) atoms. The lowest BCUT2D eigenvalue weighted by molar-refractivity contribution is -0.870. The predicted molar refractivity (Wildman–Crippen MR) is 298 cm³/mol. The highest BCUT2D eigenvalue weighted by Crippen LogP contribution is 2.43. The van der Waals surface area contributed by atoms with Gasteiger partial charge in [0.25, 0.3) is 0 Å². The zero-order chi connectivity index (χ0) is 51.3. The minimum absolute atomic E-state index is 0.0290. The summed E-state index contributed by atoms with van der Waals surface area (Å²) in [6.07, 6.45) is 63.8. The third-order valence-electron chi connectivity index (χ3n) is 13.2. The average Bonchev–Trinajstić information content (AvgIpc) is 3.32. The van der Waals surface area contributed by atoms with Crippen molar-refractivity contribution in [2.24, 2.45) is 0 Å². The molecule has 0 aliphatic carbocycles. The molecule has 0 fully saturated rings. The number of unbranched alkanes of at least 4 members (excludes halogenated alkanes) is 35. The number of phosphoric acid groups is 1. The number of likely N-dealkylation sites (N-methyl/N-ethyl adjacent to an activating group) is 1. The second-order valence-corrected chi connectivity index (χ2v) is 22.8. The Bertz CT molecular complexity index is 1280. The van der Waals surface area contributed by atoms with Crippen LogP contribution in [0.15, 0.2) is 36.5 Å². The summed E-state index contributed by atoms with van der Waals surface area (Å²) in [5, 5.41) is 0. The van der Waals surface area contributed by atoms with Crippen LogP contribution < -0.4 is 0 Å². The van der Waals surface area contributed by atoms with Gasteiger partial charge in [-0.1, -0.05) is 262 Å². The monoisotopic (exact) mass is 1010 g/mol. The van der Waals surface area contributed by atoms with E-state index in [4.69, 9.17) is 18.5 Å². The Morgan fingerprint density at radius 2 is 0.814 bits per heavy atom. The summed E-state index contributed by atoms with van der Waals surface area (Å²) < 4.78 is 34.5. The highest BCUT2D eigenvalue weighted by molar-refractivity contribution is 7.47. The first-order valence-corrected chi connectivity index (χ1v) is 31.2. The van der Waals surface area contributed by atoms with E-state index in [0.717, 1.165) is 70.6 Å². The molecule has 0 saturated carbocycles. The number of carbonyl (C=O) groups is 2. The Hall–Kier alpha value is -1.77. The van der Waals surface area contributed by atoms with E-state index in [1.165, 1.54) is 180 Å². The van der Waals surface area contributed by atoms with Crippen molar-refractivity contribution in [3.05, 3.63) is 36.5 Å². The number of allylic oxidation sites excluding steroid dienone is 6. The number of esters is 2. The molecule has 0 radical (unpaired) electrons. The summed E-state index contributed by atoms with van der Waals surface area (Å²) in [6, 6.07) is 0. The van der Waals surface area contributed by atoms with Crippen molar-refractivity contribution in [3.63, 3.8) is 0 Å². The standard InChI is InChI=1S/C60H114NO8P/c1-6-8-10-12-14-16-18-20-22-23-24-25-26-27-28-29-30-31-32-33-34-35-36-37-39-40-42-44-46-48-50-52-59(62)66-56-58(57-68-70(64,65)67-55-54-61(3,4)5)69-60(63)53-51-49-47-45-43-41-38-21-19-17-15-13-11-9-7-2/h9,11,15,17,21,38,58H,6-8,10,12-14,16,18-20,22-37,39-57H2,1-5H3/p+1/b11-9-,17-15-,38-21-. The van der Waals surface area contributed by atoms with Crippen LogP contribution in [0.25, 0.3) is 0 Å². The maximum Gasteiger partial charge on any atom is 0.472 e. The van der Waals surface area contributed by atoms with Crippen LogP contribution in [0.2, 0.25) is 0 Å². The molecule has 2 unspecified atom stereocenters. The summed E-state index contributed by atoms with van der Waals surface area (Å²) in [5.41, 5.74) is 0. The van der Waals surface area contributed by atoms with Crippen molar-refractivity contribution >= 4 is 19.8 Å². The molecule has 1 N–H and O–H groups in total. The van der Waals surface area contributed by atoms with Gasteiger partial charge in [-0.25, -0.2) is 4.57 Å². The predicted octanol–water partition coefficient (Wildman–Crippen LogP) is 18.4. The quantitative estimate of drug-likeness (QED) is 0.0211. The molecule has 0 amide bonds. The van der Waals surface area contributed by atoms with Gasteiger partial charge in [0.1, 0.15) is 19.8 Å². The van der Waals surface area contributed by atoms with E-state index in [9.17, 15) is 19.0 Å². The molecule has 0 aliphatic heterocycles. The van der Waals surface area contributed by atoms with Crippen LogP contribution in [0.4, 0.5) is 0 Å². The van der Waals surface area contributed by atoms with Crippen LogP contribution in [0.5, 0.6) is 0 Å². The number of ether oxygens (including phenoxy) is 2. The lowest BCUT2D eigenvalue weighted by Crippen LogP contribution is -2.37. The maximum atomic E-state index is 12.8. The second-order valence-electron chi connectivity index (χ2n) is 21.4. The van der Waals surface area contributed by atoms with Crippen molar-refractivity contribution in [3.8, 4) is 0 Å². The van der Waals surface area contributed by atoms with Crippen LogP contribution in [0.1, 0.15) is 284 Å². The smallest absolute Gasteiger partial charge is 0.462 e. The van der Waals surface area contributed by atoms with E-state index in [0.29, 0.717) is 17.4 Å². The minimum Gasteiger partial charge on any atom is -0.462 e. The number of rotatable bonds is 55. The first-order valence-electron chi connectivity index (χ1n) is 29.7. The Balaban J connectivity index is 3.99. The zero-order valence-electron chi connectivity index (χ0n) is 46.8. The van der Waals surface area contributed by atoms with Gasteiger partial charge in [-0.2, -0.15) is 0 Å². The molecular weight excluding hydrogens is 894 g/mol. The topological polar surface area (TPSA) is 108 Å². The molecule has 0 aromatic rings. The second kappa shape index (κ2) is 52.1. The fourth-order valence-corrected chi connectivity index (χ4v) is 9.36. The van der Waals surface area contributed by atoms with E-state index in [2.05, 4.69) is 50.3 Å². The van der Waals surface area contributed by atoms with Gasteiger partial charge < -0.3 is 18.9 Å². The van der Waals surface area contributed by atoms with Gasteiger partial charge in [0.05, 0.1) is 27.7 Å². The van der Waals surface area contributed by atoms with Crippen LogP contribution >= 0.6 is 7.82 Å². The summed E-state index contributed by atoms with van der Waals surface area (Å²) in [4.78, 5) is 35.6. The largest absolute Gasteiger partial charge is 0.472 e.